The van der Waals surface area contributed by atoms with Gasteiger partial charge in [0.1, 0.15) is 36.0 Å². The number of carbonyl (C=O) groups is 2. The highest BCUT2D eigenvalue weighted by molar-refractivity contribution is 5.92. The number of carbonyl (C=O) groups excluding carboxylic acids is 2. The Bertz CT molecular complexity index is 1040. The third kappa shape index (κ3) is 5.46. The van der Waals surface area contributed by atoms with Gasteiger partial charge in [0.15, 0.2) is 6.29 Å². The molecule has 0 bridgehead atoms. The number of hydrogen-bond acceptors (Lipinski definition) is 9. The molecule has 0 spiro atoms. The number of allylic oxidation sites excluding steroid dienone is 1. The van der Waals surface area contributed by atoms with Crippen molar-refractivity contribution in [3.63, 3.8) is 0 Å². The summed E-state index contributed by atoms with van der Waals surface area (Å²) in [6.07, 6.45) is 2.57. The van der Waals surface area contributed by atoms with Crippen molar-refractivity contribution < 1.29 is 44.6 Å². The van der Waals surface area contributed by atoms with Gasteiger partial charge < -0.3 is 35.0 Å². The minimum Gasteiger partial charge on any atom is -0.396 e. The lowest BCUT2D eigenvalue weighted by Gasteiger charge is -2.58. The first-order valence-corrected chi connectivity index (χ1v) is 16.2. The topological polar surface area (TPSA) is 154 Å². The maximum Gasteiger partial charge on any atom is 0.186 e. The normalized spacial score (nSPS) is 46.7. The molecule has 1 saturated heterocycles. The van der Waals surface area contributed by atoms with Crippen molar-refractivity contribution >= 4 is 11.6 Å². The largest absolute Gasteiger partial charge is 0.396 e. The van der Waals surface area contributed by atoms with Gasteiger partial charge in [-0.2, -0.15) is 0 Å². The molecule has 4 fully saturated rings. The van der Waals surface area contributed by atoms with Gasteiger partial charge in [-0.25, -0.2) is 0 Å². The maximum absolute atomic E-state index is 13.6. The van der Waals surface area contributed by atoms with Crippen LogP contribution in [0.25, 0.3) is 0 Å². The van der Waals surface area contributed by atoms with Gasteiger partial charge in [-0.1, -0.05) is 39.3 Å². The highest BCUT2D eigenvalue weighted by Crippen LogP contribution is 2.66. The van der Waals surface area contributed by atoms with Crippen LogP contribution in [-0.4, -0.2) is 87.1 Å². The van der Waals surface area contributed by atoms with Crippen molar-refractivity contribution in [2.75, 3.05) is 13.2 Å². The van der Waals surface area contributed by atoms with Crippen LogP contribution < -0.4 is 0 Å². The van der Waals surface area contributed by atoms with Crippen LogP contribution in [0.4, 0.5) is 0 Å². The number of aliphatic hydroxyl groups excluding tert-OH is 5. The van der Waals surface area contributed by atoms with E-state index in [-0.39, 0.29) is 58.8 Å². The van der Waals surface area contributed by atoms with E-state index in [1.165, 1.54) is 5.57 Å². The Hall–Kier alpha value is -1.20. The molecule has 0 aromatic carbocycles. The van der Waals surface area contributed by atoms with Crippen LogP contribution in [0, 0.1) is 46.3 Å². The molecule has 0 aromatic heterocycles. The Labute approximate surface area is 249 Å². The molecule has 1 aliphatic heterocycles. The third-order valence-corrected chi connectivity index (χ3v) is 12.4. The third-order valence-electron chi connectivity index (χ3n) is 12.4. The zero-order chi connectivity index (χ0) is 30.6. The van der Waals surface area contributed by atoms with Crippen molar-refractivity contribution in [3.05, 3.63) is 11.6 Å². The lowest BCUT2D eigenvalue weighted by molar-refractivity contribution is -0.313. The van der Waals surface area contributed by atoms with E-state index < -0.39 is 37.3 Å². The van der Waals surface area contributed by atoms with E-state index in [4.69, 9.17) is 9.47 Å². The zero-order valence-electron chi connectivity index (χ0n) is 25.7. The van der Waals surface area contributed by atoms with Gasteiger partial charge in [0.2, 0.25) is 0 Å². The summed E-state index contributed by atoms with van der Waals surface area (Å²) in [7, 11) is 0. The number of aliphatic hydroxyl groups is 5. The number of ether oxygens (including phenoxy) is 2. The molecule has 2 unspecified atom stereocenters. The minimum atomic E-state index is -1.46. The molecular weight excluding hydrogens is 540 g/mol. The SMILES string of the molecule is CC(CO)CCC(=O)[C@@H](C)[C@H]1C(=O)C[C@H]2[C@@H]3CC=C4CC(O[C@@H]5O[C@H](CO)[C@@H](O)[C@H](O)[C@H]5O)CC[C@]4(C)[C@H]3CC[C@]12C. The number of hydrogen-bond donors (Lipinski definition) is 5. The molecule has 1 heterocycles. The van der Waals surface area contributed by atoms with E-state index in [1.807, 2.05) is 13.8 Å². The van der Waals surface area contributed by atoms with E-state index >= 15 is 0 Å². The Morgan fingerprint density at radius 2 is 1.79 bits per heavy atom. The molecule has 5 N–H and O–H groups in total. The molecule has 9 heteroatoms. The predicted octanol–water partition coefficient (Wildman–Crippen LogP) is 2.54. The smallest absolute Gasteiger partial charge is 0.186 e. The average molecular weight is 593 g/mol. The highest BCUT2D eigenvalue weighted by Gasteiger charge is 2.62. The van der Waals surface area contributed by atoms with Gasteiger partial charge in [0, 0.05) is 31.3 Å². The number of Topliss-reactive ketones (excluding diaryl/α,β-unsaturated/α-hetero) is 2. The summed E-state index contributed by atoms with van der Waals surface area (Å²) in [6.45, 7) is 8.09. The second kappa shape index (κ2) is 12.3. The predicted molar refractivity (Wildman–Crippen MR) is 154 cm³/mol. The fourth-order valence-electron chi connectivity index (χ4n) is 9.69. The number of ketones is 2. The monoisotopic (exact) mass is 592 g/mol. The average Bonchev–Trinajstić information content (AvgIpc) is 3.25. The quantitative estimate of drug-likeness (QED) is 0.254. The van der Waals surface area contributed by atoms with Crippen LogP contribution >= 0.6 is 0 Å². The molecular formula is C33H52O9. The molecule has 9 nitrogen and oxygen atoms in total. The molecule has 3 saturated carbocycles. The summed E-state index contributed by atoms with van der Waals surface area (Å²) in [5.41, 5.74) is 1.15. The summed E-state index contributed by atoms with van der Waals surface area (Å²) < 4.78 is 11.8. The van der Waals surface area contributed by atoms with Crippen LogP contribution in [-0.2, 0) is 19.1 Å². The lowest BCUT2D eigenvalue weighted by Crippen LogP contribution is -2.60. The maximum atomic E-state index is 13.6. The summed E-state index contributed by atoms with van der Waals surface area (Å²) in [5, 5.41) is 49.6. The van der Waals surface area contributed by atoms with E-state index in [9.17, 15) is 35.1 Å². The number of fused-ring (bicyclic) bond motifs is 5. The van der Waals surface area contributed by atoms with Crippen LogP contribution in [0.15, 0.2) is 11.6 Å². The fraction of sp³-hybridized carbons (Fsp3) is 0.879. The first kappa shape index (κ1) is 32.2. The second-order valence-electron chi connectivity index (χ2n) is 14.7. The first-order valence-electron chi connectivity index (χ1n) is 16.2. The molecule has 238 valence electrons. The molecule has 14 atom stereocenters. The van der Waals surface area contributed by atoms with Crippen molar-refractivity contribution in [1.29, 1.82) is 0 Å². The van der Waals surface area contributed by atoms with Crippen molar-refractivity contribution in [3.8, 4) is 0 Å². The molecule has 4 aliphatic carbocycles. The van der Waals surface area contributed by atoms with Gasteiger partial charge in [-0.3, -0.25) is 9.59 Å². The number of rotatable bonds is 9. The standard InChI is InChI=1S/C33H52O9/c1-17(15-34)5-8-24(36)18(2)27-25(37)14-23-21-7-6-19-13-20(9-11-32(19,3)22(21)10-12-33(23,27)4)41-31-30(40)29(39)28(38)26(16-35)42-31/h6,17-18,20-23,26-31,34-35,38-40H,5,7-16H2,1-4H3/t17?,18-,20?,21-,22+,23+,26-,27+,28-,29+,30-,31-,32+,33+/m1/s1. The van der Waals surface area contributed by atoms with Gasteiger partial charge in [0.25, 0.3) is 0 Å². The van der Waals surface area contributed by atoms with Crippen molar-refractivity contribution in [1.82, 2.24) is 0 Å². The van der Waals surface area contributed by atoms with E-state index in [1.54, 1.807) is 0 Å². The van der Waals surface area contributed by atoms with E-state index in [0.29, 0.717) is 37.5 Å². The highest BCUT2D eigenvalue weighted by atomic mass is 16.7. The zero-order valence-corrected chi connectivity index (χ0v) is 25.7. The first-order chi connectivity index (χ1) is 19.8. The summed E-state index contributed by atoms with van der Waals surface area (Å²) >= 11 is 0. The van der Waals surface area contributed by atoms with Crippen molar-refractivity contribution in [2.24, 2.45) is 46.3 Å². The van der Waals surface area contributed by atoms with Gasteiger partial charge in [0.05, 0.1) is 12.7 Å². The fourth-order valence-corrected chi connectivity index (χ4v) is 9.69. The van der Waals surface area contributed by atoms with Crippen LogP contribution in [0.2, 0.25) is 0 Å². The van der Waals surface area contributed by atoms with E-state index in [2.05, 4.69) is 19.9 Å². The molecule has 42 heavy (non-hydrogen) atoms. The van der Waals surface area contributed by atoms with Gasteiger partial charge >= 0.3 is 0 Å². The van der Waals surface area contributed by atoms with Crippen LogP contribution in [0.5, 0.6) is 0 Å². The molecule has 0 aromatic rings. The van der Waals surface area contributed by atoms with Crippen molar-refractivity contribution in [2.45, 2.75) is 122 Å². The second-order valence-corrected chi connectivity index (χ2v) is 14.7. The molecule has 5 aliphatic rings. The molecule has 0 radical (unpaired) electrons. The Balaban J connectivity index is 1.27. The van der Waals surface area contributed by atoms with Gasteiger partial charge in [-0.05, 0) is 79.4 Å². The Kier molecular flexibility index (Phi) is 9.43. The van der Waals surface area contributed by atoms with E-state index in [0.717, 1.165) is 32.1 Å². The summed E-state index contributed by atoms with van der Waals surface area (Å²) in [5.74, 6) is 1.05. The minimum absolute atomic E-state index is 0.0114. The van der Waals surface area contributed by atoms with Crippen LogP contribution in [0.3, 0.4) is 0 Å². The molecule has 5 rings (SSSR count). The Morgan fingerprint density at radius 1 is 1.05 bits per heavy atom. The Morgan fingerprint density at radius 3 is 2.48 bits per heavy atom. The summed E-state index contributed by atoms with van der Waals surface area (Å²) in [4.78, 5) is 26.7. The van der Waals surface area contributed by atoms with Crippen LogP contribution in [0.1, 0.15) is 85.5 Å². The molecule has 0 amide bonds. The lowest BCUT2D eigenvalue weighted by atomic mass is 9.47. The van der Waals surface area contributed by atoms with Gasteiger partial charge in [-0.15, -0.1) is 0 Å². The summed E-state index contributed by atoms with van der Waals surface area (Å²) in [6, 6.07) is 0.